The van der Waals surface area contributed by atoms with Crippen molar-refractivity contribution in [3.63, 3.8) is 0 Å². The van der Waals surface area contributed by atoms with Crippen LogP contribution in [0.2, 0.25) is 0 Å². The molecule has 0 aliphatic heterocycles. The number of nitriles is 1. The second kappa shape index (κ2) is 5.21. The largest absolute Gasteiger partial charge is 0.338 e. The lowest BCUT2D eigenvalue weighted by atomic mass is 10.1. The predicted octanol–water partition coefficient (Wildman–Crippen LogP) is 2.07. The zero-order valence-corrected chi connectivity index (χ0v) is 11.0. The fourth-order valence-electron chi connectivity index (χ4n) is 2.31. The van der Waals surface area contributed by atoms with Crippen molar-refractivity contribution in [1.82, 2.24) is 14.6 Å². The highest BCUT2D eigenvalue weighted by Crippen LogP contribution is 2.21. The number of hydrogen-bond donors (Lipinski definition) is 1. The molecule has 1 aromatic carbocycles. The molecule has 104 valence electrons. The third-order valence-electron chi connectivity index (χ3n) is 3.29. The van der Waals surface area contributed by atoms with Crippen molar-refractivity contribution in [2.45, 2.75) is 6.42 Å². The van der Waals surface area contributed by atoms with Gasteiger partial charge in [-0.05, 0) is 5.56 Å². The van der Waals surface area contributed by atoms with Crippen molar-refractivity contribution >= 4 is 5.65 Å². The summed E-state index contributed by atoms with van der Waals surface area (Å²) in [5.41, 5.74) is 1.82. The summed E-state index contributed by atoms with van der Waals surface area (Å²) in [5.74, 6) is 0. The van der Waals surface area contributed by atoms with Crippen molar-refractivity contribution in [3.05, 3.63) is 58.0 Å². The van der Waals surface area contributed by atoms with Gasteiger partial charge in [0.1, 0.15) is 11.6 Å². The Morgan fingerprint density at radius 3 is 2.76 bits per heavy atom. The fourth-order valence-corrected chi connectivity index (χ4v) is 2.31. The summed E-state index contributed by atoms with van der Waals surface area (Å²) in [6, 6.07) is 11.2. The van der Waals surface area contributed by atoms with Crippen LogP contribution in [0, 0.1) is 11.3 Å². The van der Waals surface area contributed by atoms with Crippen LogP contribution in [-0.4, -0.2) is 21.3 Å². The third kappa shape index (κ3) is 2.09. The summed E-state index contributed by atoms with van der Waals surface area (Å²) in [7, 11) is 0. The summed E-state index contributed by atoms with van der Waals surface area (Å²) in [4.78, 5) is 15.5. The summed E-state index contributed by atoms with van der Waals surface area (Å²) in [5, 5.41) is 13.0. The van der Waals surface area contributed by atoms with E-state index in [1.54, 1.807) is 0 Å². The highest BCUT2D eigenvalue weighted by molar-refractivity contribution is 5.67. The molecular formula is C15H11FN4O. The number of aromatic nitrogens is 3. The maximum atomic E-state index is 12.8. The van der Waals surface area contributed by atoms with E-state index < -0.39 is 12.2 Å². The maximum Gasteiger partial charge on any atom is 0.278 e. The molecule has 0 saturated heterocycles. The van der Waals surface area contributed by atoms with Crippen molar-refractivity contribution in [3.8, 4) is 17.3 Å². The molecule has 1 N–H and O–H groups in total. The molecule has 3 aromatic rings. The number of rotatable bonds is 3. The first-order valence-electron chi connectivity index (χ1n) is 6.40. The molecule has 0 radical (unpaired) electrons. The minimum absolute atomic E-state index is 0.00273. The van der Waals surface area contributed by atoms with Gasteiger partial charge < -0.3 is 4.98 Å². The van der Waals surface area contributed by atoms with E-state index in [0.29, 0.717) is 16.9 Å². The van der Waals surface area contributed by atoms with Crippen LogP contribution in [0.3, 0.4) is 0 Å². The molecular weight excluding hydrogens is 271 g/mol. The first-order valence-corrected chi connectivity index (χ1v) is 6.40. The Morgan fingerprint density at radius 1 is 1.33 bits per heavy atom. The first kappa shape index (κ1) is 13.1. The molecule has 2 aromatic heterocycles. The lowest BCUT2D eigenvalue weighted by molar-refractivity contribution is 0.493. The summed E-state index contributed by atoms with van der Waals surface area (Å²) in [6.45, 7) is -0.638. The molecule has 5 nitrogen and oxygen atoms in total. The number of nitrogens with one attached hydrogen (secondary N) is 1. The molecule has 0 unspecified atom stereocenters. The molecule has 0 amide bonds. The third-order valence-corrected chi connectivity index (χ3v) is 3.29. The van der Waals surface area contributed by atoms with Gasteiger partial charge in [-0.3, -0.25) is 9.18 Å². The van der Waals surface area contributed by atoms with Crippen LogP contribution in [-0.2, 0) is 6.42 Å². The van der Waals surface area contributed by atoms with Crippen LogP contribution >= 0.6 is 0 Å². The molecule has 0 aliphatic rings. The number of H-pyrrole nitrogens is 1. The van der Waals surface area contributed by atoms with Crippen molar-refractivity contribution < 1.29 is 4.39 Å². The maximum absolute atomic E-state index is 12.8. The monoisotopic (exact) mass is 282 g/mol. The SMILES string of the molecule is N#Cc1cnn2c(=O)c(CCF)c(-c3ccccc3)[nH]c12. The van der Waals surface area contributed by atoms with E-state index >= 15 is 0 Å². The van der Waals surface area contributed by atoms with Crippen LogP contribution < -0.4 is 5.56 Å². The van der Waals surface area contributed by atoms with Gasteiger partial charge in [-0.15, -0.1) is 0 Å². The van der Waals surface area contributed by atoms with Gasteiger partial charge in [0, 0.05) is 12.0 Å². The smallest absolute Gasteiger partial charge is 0.278 e. The highest BCUT2D eigenvalue weighted by atomic mass is 19.1. The number of hydrogen-bond acceptors (Lipinski definition) is 3. The molecule has 3 rings (SSSR count). The van der Waals surface area contributed by atoms with E-state index in [1.807, 2.05) is 36.4 Å². The molecule has 0 spiro atoms. The standard InChI is InChI=1S/C15H11FN4O/c16-7-6-12-13(10-4-2-1-3-5-10)19-14-11(8-17)9-18-20(14)15(12)21/h1-5,9,19H,6-7H2. The summed E-state index contributed by atoms with van der Waals surface area (Å²) >= 11 is 0. The number of nitrogens with zero attached hydrogens (tertiary/aromatic N) is 3. The summed E-state index contributed by atoms with van der Waals surface area (Å²) in [6.07, 6.45) is 1.32. The van der Waals surface area contributed by atoms with Gasteiger partial charge in [0.15, 0.2) is 5.65 Å². The Kier molecular flexibility index (Phi) is 3.24. The van der Waals surface area contributed by atoms with Crippen molar-refractivity contribution in [1.29, 1.82) is 5.26 Å². The van der Waals surface area contributed by atoms with Crippen LogP contribution in [0.25, 0.3) is 16.9 Å². The number of benzene rings is 1. The van der Waals surface area contributed by atoms with Crippen LogP contribution in [0.4, 0.5) is 4.39 Å². The van der Waals surface area contributed by atoms with Gasteiger partial charge in [-0.2, -0.15) is 14.9 Å². The van der Waals surface area contributed by atoms with E-state index in [-0.39, 0.29) is 12.0 Å². The second-order valence-electron chi connectivity index (χ2n) is 4.52. The Morgan fingerprint density at radius 2 is 2.10 bits per heavy atom. The topological polar surface area (TPSA) is 74.0 Å². The Labute approximate surface area is 119 Å². The predicted molar refractivity (Wildman–Crippen MR) is 75.6 cm³/mol. The molecule has 21 heavy (non-hydrogen) atoms. The molecule has 2 heterocycles. The minimum atomic E-state index is -0.638. The molecule has 6 heteroatoms. The van der Waals surface area contributed by atoms with E-state index in [2.05, 4.69) is 10.1 Å². The number of fused-ring (bicyclic) bond motifs is 1. The van der Waals surface area contributed by atoms with Crippen LogP contribution in [0.15, 0.2) is 41.3 Å². The number of halogens is 1. The fraction of sp³-hybridized carbons (Fsp3) is 0.133. The number of alkyl halides is 1. The molecule has 0 bridgehead atoms. The lowest BCUT2D eigenvalue weighted by Crippen LogP contribution is -2.22. The van der Waals surface area contributed by atoms with Crippen molar-refractivity contribution in [2.75, 3.05) is 6.67 Å². The van der Waals surface area contributed by atoms with E-state index in [9.17, 15) is 9.18 Å². The second-order valence-corrected chi connectivity index (χ2v) is 4.52. The van der Waals surface area contributed by atoms with Gasteiger partial charge in [0.25, 0.3) is 5.56 Å². The Hall–Kier alpha value is -2.94. The molecule has 0 atom stereocenters. The van der Waals surface area contributed by atoms with Gasteiger partial charge >= 0.3 is 0 Å². The quantitative estimate of drug-likeness (QED) is 0.799. The number of aromatic amines is 1. The van der Waals surface area contributed by atoms with Gasteiger partial charge in [-0.1, -0.05) is 30.3 Å². The average molecular weight is 282 g/mol. The van der Waals surface area contributed by atoms with Gasteiger partial charge in [-0.25, -0.2) is 0 Å². The Bertz CT molecular complexity index is 890. The van der Waals surface area contributed by atoms with Gasteiger partial charge in [0.05, 0.1) is 18.6 Å². The van der Waals surface area contributed by atoms with Gasteiger partial charge in [0.2, 0.25) is 0 Å². The average Bonchev–Trinajstić information content (AvgIpc) is 2.94. The summed E-state index contributed by atoms with van der Waals surface area (Å²) < 4.78 is 13.9. The first-order chi connectivity index (χ1) is 10.3. The van der Waals surface area contributed by atoms with Crippen LogP contribution in [0.1, 0.15) is 11.1 Å². The highest BCUT2D eigenvalue weighted by Gasteiger charge is 2.16. The normalized spacial score (nSPS) is 10.7. The Balaban J connectivity index is 2.38. The molecule has 0 fully saturated rings. The molecule has 0 aliphatic carbocycles. The zero-order valence-electron chi connectivity index (χ0n) is 11.0. The lowest BCUT2D eigenvalue weighted by Gasteiger charge is -2.09. The zero-order chi connectivity index (χ0) is 14.8. The van der Waals surface area contributed by atoms with Crippen LogP contribution in [0.5, 0.6) is 0 Å². The van der Waals surface area contributed by atoms with Crippen molar-refractivity contribution in [2.24, 2.45) is 0 Å². The minimum Gasteiger partial charge on any atom is -0.338 e. The van der Waals surface area contributed by atoms with E-state index in [1.165, 1.54) is 6.20 Å². The van der Waals surface area contributed by atoms with E-state index in [0.717, 1.165) is 10.1 Å². The molecule has 0 saturated carbocycles. The van der Waals surface area contributed by atoms with E-state index in [4.69, 9.17) is 5.26 Å².